The number of carbonyl (C=O) groups excluding carboxylic acids is 1. The third-order valence-electron chi connectivity index (χ3n) is 7.30. The van der Waals surface area contributed by atoms with E-state index in [2.05, 4.69) is 5.32 Å². The topological polar surface area (TPSA) is 97.4 Å². The van der Waals surface area contributed by atoms with Crippen molar-refractivity contribution in [2.75, 3.05) is 32.4 Å². The van der Waals surface area contributed by atoms with Crippen LogP contribution in [0.3, 0.4) is 0 Å². The largest absolute Gasteiger partial charge is 0.346 e. The van der Waals surface area contributed by atoms with Crippen molar-refractivity contribution >= 4 is 48.8 Å². The number of nitrogens with zero attached hydrogens (tertiary/aromatic N) is 1. The van der Waals surface area contributed by atoms with Crippen molar-refractivity contribution in [2.24, 2.45) is 0 Å². The SMILES string of the molecule is CS(=O)(=O)c1ccc(C(=O)[N+]2(C3CCNCC3)CCC(S(=O)(=O)c3ccc(Cl)c(Cl)c3)CC2)cc1. The summed E-state index contributed by atoms with van der Waals surface area (Å²) in [5, 5.41) is 3.20. The van der Waals surface area contributed by atoms with Gasteiger partial charge in [0, 0.05) is 45.0 Å². The van der Waals surface area contributed by atoms with Crippen molar-refractivity contribution in [3.63, 3.8) is 0 Å². The maximum atomic E-state index is 13.9. The second-order valence-corrected chi connectivity index (χ2v) is 14.4. The molecule has 1 N–H and O–H groups in total. The van der Waals surface area contributed by atoms with Crippen LogP contribution in [0.2, 0.25) is 10.0 Å². The van der Waals surface area contributed by atoms with Gasteiger partial charge in [-0.2, -0.15) is 0 Å². The number of rotatable bonds is 5. The Balaban J connectivity index is 1.62. The summed E-state index contributed by atoms with van der Waals surface area (Å²) in [6, 6.07) is 10.5. The van der Waals surface area contributed by atoms with Crippen molar-refractivity contribution in [1.29, 1.82) is 0 Å². The summed E-state index contributed by atoms with van der Waals surface area (Å²) in [4.78, 5) is 14.2. The zero-order chi connectivity index (χ0) is 25.4. The van der Waals surface area contributed by atoms with Crippen LogP contribution < -0.4 is 5.32 Å². The van der Waals surface area contributed by atoms with E-state index >= 15 is 0 Å². The molecule has 4 rings (SSSR count). The molecule has 1 amide bonds. The van der Waals surface area contributed by atoms with E-state index in [1.54, 1.807) is 12.1 Å². The Hall–Kier alpha value is -1.49. The molecule has 2 aliphatic heterocycles. The maximum absolute atomic E-state index is 13.9. The normalized spacial score (nSPS) is 24.3. The third-order valence-corrected chi connectivity index (χ3v) is 11.4. The Labute approximate surface area is 216 Å². The van der Waals surface area contributed by atoms with E-state index < -0.39 is 24.9 Å². The fraction of sp³-hybridized carbons (Fsp3) is 0.458. The number of hydrogen-bond acceptors (Lipinski definition) is 6. The minimum Gasteiger partial charge on any atom is -0.316 e. The summed E-state index contributed by atoms with van der Waals surface area (Å²) in [6.45, 7) is 2.41. The maximum Gasteiger partial charge on any atom is 0.346 e. The molecular weight excluding hydrogens is 531 g/mol. The van der Waals surface area contributed by atoms with E-state index in [0.717, 1.165) is 32.2 Å². The smallest absolute Gasteiger partial charge is 0.316 e. The Morgan fingerprint density at radius 2 is 1.43 bits per heavy atom. The van der Waals surface area contributed by atoms with E-state index in [-0.39, 0.29) is 31.2 Å². The molecular formula is C24H29Cl2N2O5S2+. The predicted molar refractivity (Wildman–Crippen MR) is 136 cm³/mol. The van der Waals surface area contributed by atoms with Crippen LogP contribution in [-0.4, -0.2) is 71.0 Å². The van der Waals surface area contributed by atoms with Crippen molar-refractivity contribution < 1.29 is 26.1 Å². The van der Waals surface area contributed by atoms with Crippen molar-refractivity contribution in [3.05, 3.63) is 58.1 Å². The van der Waals surface area contributed by atoms with E-state index in [9.17, 15) is 21.6 Å². The van der Waals surface area contributed by atoms with Gasteiger partial charge < -0.3 is 5.32 Å². The molecule has 0 spiro atoms. The third kappa shape index (κ3) is 5.31. The first-order valence-electron chi connectivity index (χ1n) is 11.6. The molecule has 35 heavy (non-hydrogen) atoms. The number of halogens is 2. The number of piperidine rings is 2. The van der Waals surface area contributed by atoms with Crippen LogP contribution in [0.25, 0.3) is 0 Å². The lowest BCUT2D eigenvalue weighted by atomic mass is 9.94. The van der Waals surface area contributed by atoms with Crippen LogP contribution in [0.5, 0.6) is 0 Å². The highest BCUT2D eigenvalue weighted by molar-refractivity contribution is 7.92. The number of quaternary nitrogens is 1. The molecule has 2 aromatic carbocycles. The standard InChI is InChI=1S/C24H29Cl2N2O5S2/c1-34(30,31)19-4-2-17(3-5-19)24(29)28(18-8-12-27-13-9-18)14-10-20(11-15-28)35(32,33)21-6-7-22(25)23(26)16-21/h2-7,16,18,20,27H,8-15H2,1H3/q+1. The minimum atomic E-state index is -3.64. The van der Waals surface area contributed by atoms with Gasteiger partial charge in [-0.25, -0.2) is 21.6 Å². The minimum absolute atomic E-state index is 0.0759. The Bertz CT molecular complexity index is 1310. The van der Waals surface area contributed by atoms with Crippen LogP contribution >= 0.6 is 23.2 Å². The van der Waals surface area contributed by atoms with Gasteiger partial charge in [0.1, 0.15) is 0 Å². The molecule has 0 unspecified atom stereocenters. The number of benzene rings is 2. The Morgan fingerprint density at radius 1 is 0.857 bits per heavy atom. The second kappa shape index (κ2) is 10.1. The summed E-state index contributed by atoms with van der Waals surface area (Å²) < 4.78 is 50.6. The molecule has 2 fully saturated rings. The molecule has 7 nitrogen and oxygen atoms in total. The number of hydrogen-bond donors (Lipinski definition) is 1. The molecule has 11 heteroatoms. The highest BCUT2D eigenvalue weighted by Crippen LogP contribution is 2.36. The number of nitrogens with one attached hydrogen (secondary N) is 1. The second-order valence-electron chi connectivity index (χ2n) is 9.38. The monoisotopic (exact) mass is 559 g/mol. The number of carbonyl (C=O) groups is 1. The zero-order valence-corrected chi connectivity index (χ0v) is 22.6. The predicted octanol–water partition coefficient (Wildman–Crippen LogP) is 3.74. The molecule has 0 radical (unpaired) electrons. The van der Waals surface area contributed by atoms with E-state index in [4.69, 9.17) is 23.2 Å². The van der Waals surface area contributed by atoms with Crippen molar-refractivity contribution in [3.8, 4) is 0 Å². The number of likely N-dealkylation sites (tertiary alicyclic amines) is 1. The quantitative estimate of drug-likeness (QED) is 0.560. The van der Waals surface area contributed by atoms with Gasteiger partial charge in [-0.1, -0.05) is 23.2 Å². The molecule has 2 aliphatic rings. The Kier molecular flexibility index (Phi) is 7.67. The first-order valence-corrected chi connectivity index (χ1v) is 15.8. The lowest BCUT2D eigenvalue weighted by Gasteiger charge is -2.47. The van der Waals surface area contributed by atoms with Crippen LogP contribution in [0.4, 0.5) is 0 Å². The highest BCUT2D eigenvalue weighted by Gasteiger charge is 2.49. The highest BCUT2D eigenvalue weighted by atomic mass is 35.5. The molecule has 0 saturated carbocycles. The summed E-state index contributed by atoms with van der Waals surface area (Å²) in [6.07, 6.45) is 3.46. The Morgan fingerprint density at radius 3 is 1.97 bits per heavy atom. The van der Waals surface area contributed by atoms with Crippen molar-refractivity contribution in [1.82, 2.24) is 5.32 Å². The van der Waals surface area contributed by atoms with Gasteiger partial charge in [0.2, 0.25) is 0 Å². The van der Waals surface area contributed by atoms with E-state index in [1.807, 2.05) is 0 Å². The molecule has 0 aromatic heterocycles. The molecule has 2 aromatic rings. The van der Waals surface area contributed by atoms with Crippen molar-refractivity contribution in [2.45, 2.75) is 46.8 Å². The van der Waals surface area contributed by atoms with Gasteiger partial charge in [0.25, 0.3) is 0 Å². The number of sulfone groups is 2. The van der Waals surface area contributed by atoms with Crippen LogP contribution in [-0.2, 0) is 19.7 Å². The van der Waals surface area contributed by atoms with Gasteiger partial charge >= 0.3 is 5.91 Å². The van der Waals surface area contributed by atoms with Crippen LogP contribution in [0, 0.1) is 0 Å². The average molecular weight is 561 g/mol. The number of amides is 1. The van der Waals surface area contributed by atoms with Gasteiger partial charge in [-0.05, 0) is 42.5 Å². The fourth-order valence-electron chi connectivity index (χ4n) is 5.30. The lowest BCUT2D eigenvalue weighted by molar-refractivity contribution is -0.880. The lowest BCUT2D eigenvalue weighted by Crippen LogP contribution is -2.65. The van der Waals surface area contributed by atoms with Crippen LogP contribution in [0.1, 0.15) is 36.0 Å². The first-order chi connectivity index (χ1) is 16.4. The molecule has 0 bridgehead atoms. The van der Waals surface area contributed by atoms with E-state index in [1.165, 1.54) is 30.3 Å². The molecule has 0 atom stereocenters. The molecule has 190 valence electrons. The zero-order valence-electron chi connectivity index (χ0n) is 19.4. The van der Waals surface area contributed by atoms with Gasteiger partial charge in [-0.3, -0.25) is 4.48 Å². The molecule has 0 aliphatic carbocycles. The summed E-state index contributed by atoms with van der Waals surface area (Å²) in [5.74, 6) is -0.0812. The molecule has 2 heterocycles. The van der Waals surface area contributed by atoms with Gasteiger partial charge in [-0.15, -0.1) is 0 Å². The van der Waals surface area contributed by atoms with Gasteiger partial charge in [0.15, 0.2) is 19.7 Å². The van der Waals surface area contributed by atoms with E-state index in [0.29, 0.717) is 36.5 Å². The fourth-order valence-corrected chi connectivity index (χ4v) is 8.05. The summed E-state index contributed by atoms with van der Waals surface area (Å²) in [5.41, 5.74) is 0.446. The first kappa shape index (κ1) is 26.6. The molecule has 2 saturated heterocycles. The van der Waals surface area contributed by atoms with Gasteiger partial charge in [0.05, 0.1) is 49.8 Å². The summed E-state index contributed by atoms with van der Waals surface area (Å²) >= 11 is 12.0. The summed E-state index contributed by atoms with van der Waals surface area (Å²) in [7, 11) is -7.01. The van der Waals surface area contributed by atoms with Crippen LogP contribution in [0.15, 0.2) is 52.3 Å². The average Bonchev–Trinajstić information content (AvgIpc) is 2.85.